The second kappa shape index (κ2) is 11.2. The van der Waals surface area contributed by atoms with Crippen LogP contribution in [0.15, 0.2) is 78.9 Å². The van der Waals surface area contributed by atoms with Crippen LogP contribution in [0.4, 0.5) is 0 Å². The molecule has 1 heterocycles. The van der Waals surface area contributed by atoms with E-state index in [-0.39, 0.29) is 11.8 Å². The lowest BCUT2D eigenvalue weighted by Crippen LogP contribution is -2.45. The normalized spacial score (nSPS) is 18.6. The Morgan fingerprint density at radius 2 is 1.76 bits per heavy atom. The van der Waals surface area contributed by atoms with Gasteiger partial charge in [-0.2, -0.15) is 0 Å². The summed E-state index contributed by atoms with van der Waals surface area (Å²) in [5.74, 6) is 1.37. The molecule has 0 aliphatic carbocycles. The average Bonchev–Trinajstić information content (AvgIpc) is 2.85. The first-order valence-electron chi connectivity index (χ1n) is 11.8. The molecule has 1 amide bonds. The molecule has 0 bridgehead atoms. The Hall–Kier alpha value is -3.11. The summed E-state index contributed by atoms with van der Waals surface area (Å²) in [5, 5.41) is 3.20. The predicted octanol–water partition coefficient (Wildman–Crippen LogP) is 4.97. The number of hydrogen-bond donors (Lipinski definition) is 1. The molecule has 2 atom stereocenters. The van der Waals surface area contributed by atoms with Crippen molar-refractivity contribution in [3.63, 3.8) is 0 Å². The summed E-state index contributed by atoms with van der Waals surface area (Å²) in [6.45, 7) is 5.44. The Balaban J connectivity index is 1.41. The molecule has 0 radical (unpaired) electrons. The lowest BCUT2D eigenvalue weighted by atomic mass is 9.83. The van der Waals surface area contributed by atoms with Crippen molar-refractivity contribution in [3.8, 4) is 5.75 Å². The van der Waals surface area contributed by atoms with E-state index in [9.17, 15) is 4.79 Å². The number of nitrogens with one attached hydrogen (secondary N) is 1. The van der Waals surface area contributed by atoms with Gasteiger partial charge in [-0.3, -0.25) is 9.69 Å². The van der Waals surface area contributed by atoms with Crippen LogP contribution in [-0.2, 0) is 17.8 Å². The van der Waals surface area contributed by atoms with Crippen LogP contribution >= 0.6 is 0 Å². The van der Waals surface area contributed by atoms with Gasteiger partial charge in [0.2, 0.25) is 5.91 Å². The minimum Gasteiger partial charge on any atom is -0.497 e. The van der Waals surface area contributed by atoms with E-state index < -0.39 is 0 Å². The summed E-state index contributed by atoms with van der Waals surface area (Å²) in [6, 6.07) is 27.3. The van der Waals surface area contributed by atoms with Gasteiger partial charge in [0.15, 0.2) is 0 Å². The van der Waals surface area contributed by atoms with E-state index in [2.05, 4.69) is 77.8 Å². The fourth-order valence-corrected chi connectivity index (χ4v) is 4.78. The molecule has 33 heavy (non-hydrogen) atoms. The zero-order chi connectivity index (χ0) is 23.0. The lowest BCUT2D eigenvalue weighted by Gasteiger charge is -2.37. The number of carbonyl (C=O) groups excluding carboxylic acids is 1. The van der Waals surface area contributed by atoms with Gasteiger partial charge in [0.05, 0.1) is 13.0 Å². The maximum atomic E-state index is 13.2. The van der Waals surface area contributed by atoms with Gasteiger partial charge in [-0.1, -0.05) is 72.3 Å². The zero-order valence-corrected chi connectivity index (χ0v) is 19.7. The predicted molar refractivity (Wildman–Crippen MR) is 133 cm³/mol. The number of hydrogen-bond acceptors (Lipinski definition) is 3. The Morgan fingerprint density at radius 3 is 2.48 bits per heavy atom. The van der Waals surface area contributed by atoms with Crippen molar-refractivity contribution in [2.75, 3.05) is 26.7 Å². The monoisotopic (exact) mass is 442 g/mol. The van der Waals surface area contributed by atoms with Crippen molar-refractivity contribution in [1.29, 1.82) is 0 Å². The van der Waals surface area contributed by atoms with Crippen molar-refractivity contribution < 1.29 is 9.53 Å². The third kappa shape index (κ3) is 6.45. The van der Waals surface area contributed by atoms with Gasteiger partial charge in [-0.25, -0.2) is 0 Å². The lowest BCUT2D eigenvalue weighted by molar-refractivity contribution is -0.127. The van der Waals surface area contributed by atoms with Gasteiger partial charge in [0.25, 0.3) is 0 Å². The number of rotatable bonds is 8. The standard InChI is InChI=1S/C29H34N2O2/c1-22-7-6-10-25(17-22)26-18-27(21-31(20-26)19-24-8-4-3-5-9-24)29(32)30-16-15-23-11-13-28(33-2)14-12-23/h3-14,17,26-27H,15-16,18-21H2,1-2H3,(H,30,32). The van der Waals surface area contributed by atoms with Crippen molar-refractivity contribution >= 4 is 5.91 Å². The highest BCUT2D eigenvalue weighted by atomic mass is 16.5. The molecule has 1 fully saturated rings. The van der Waals surface area contributed by atoms with Crippen molar-refractivity contribution in [2.24, 2.45) is 5.92 Å². The molecule has 1 N–H and O–H groups in total. The second-order valence-corrected chi connectivity index (χ2v) is 9.11. The van der Waals surface area contributed by atoms with Gasteiger partial charge in [-0.15, -0.1) is 0 Å². The van der Waals surface area contributed by atoms with E-state index in [1.54, 1.807) is 7.11 Å². The molecule has 0 aromatic heterocycles. The average molecular weight is 443 g/mol. The molecular formula is C29H34N2O2. The van der Waals surface area contributed by atoms with Gasteiger partial charge in [-0.05, 0) is 54.5 Å². The molecule has 172 valence electrons. The summed E-state index contributed by atoms with van der Waals surface area (Å²) in [5.41, 5.74) is 5.10. The number of nitrogens with zero attached hydrogens (tertiary/aromatic N) is 1. The molecule has 0 spiro atoms. The minimum atomic E-state index is -0.0103. The van der Waals surface area contributed by atoms with Gasteiger partial charge < -0.3 is 10.1 Å². The van der Waals surface area contributed by atoms with Crippen LogP contribution in [0.3, 0.4) is 0 Å². The number of ether oxygens (including phenoxy) is 1. The summed E-state index contributed by atoms with van der Waals surface area (Å²) < 4.78 is 5.22. The number of carbonyl (C=O) groups is 1. The second-order valence-electron chi connectivity index (χ2n) is 9.11. The minimum absolute atomic E-state index is 0.0103. The van der Waals surface area contributed by atoms with Crippen LogP contribution in [0.25, 0.3) is 0 Å². The molecular weight excluding hydrogens is 408 g/mol. The fraction of sp³-hybridized carbons (Fsp3) is 0.345. The maximum Gasteiger partial charge on any atom is 0.224 e. The number of benzene rings is 3. The molecule has 4 rings (SSSR count). The van der Waals surface area contributed by atoms with Crippen molar-refractivity contribution in [1.82, 2.24) is 10.2 Å². The maximum absolute atomic E-state index is 13.2. The van der Waals surface area contributed by atoms with Gasteiger partial charge in [0, 0.05) is 26.2 Å². The fourth-order valence-electron chi connectivity index (χ4n) is 4.78. The number of amides is 1. The highest BCUT2D eigenvalue weighted by Crippen LogP contribution is 2.31. The van der Waals surface area contributed by atoms with E-state index in [1.807, 2.05) is 18.2 Å². The molecule has 2 unspecified atom stereocenters. The zero-order valence-electron chi connectivity index (χ0n) is 19.7. The van der Waals surface area contributed by atoms with Gasteiger partial charge in [0.1, 0.15) is 5.75 Å². The highest BCUT2D eigenvalue weighted by molar-refractivity contribution is 5.79. The van der Waals surface area contributed by atoms with Crippen LogP contribution in [0.2, 0.25) is 0 Å². The SMILES string of the molecule is COc1ccc(CCNC(=O)C2CC(c3cccc(C)c3)CN(Cc3ccccc3)C2)cc1. The van der Waals surface area contributed by atoms with Crippen LogP contribution in [0.5, 0.6) is 5.75 Å². The van der Waals surface area contributed by atoms with Crippen LogP contribution in [0, 0.1) is 12.8 Å². The number of methoxy groups -OCH3 is 1. The van der Waals surface area contributed by atoms with Crippen LogP contribution < -0.4 is 10.1 Å². The first kappa shape index (κ1) is 23.1. The van der Waals surface area contributed by atoms with E-state index in [0.29, 0.717) is 12.5 Å². The first-order chi connectivity index (χ1) is 16.1. The molecule has 1 saturated heterocycles. The summed E-state index contributed by atoms with van der Waals surface area (Å²) in [7, 11) is 1.67. The largest absolute Gasteiger partial charge is 0.497 e. The Kier molecular flexibility index (Phi) is 7.79. The van der Waals surface area contributed by atoms with Crippen molar-refractivity contribution in [2.45, 2.75) is 32.2 Å². The Morgan fingerprint density at radius 1 is 0.970 bits per heavy atom. The van der Waals surface area contributed by atoms with E-state index in [0.717, 1.165) is 38.2 Å². The topological polar surface area (TPSA) is 41.6 Å². The molecule has 4 nitrogen and oxygen atoms in total. The molecule has 1 aliphatic heterocycles. The van der Waals surface area contributed by atoms with E-state index >= 15 is 0 Å². The molecule has 0 saturated carbocycles. The highest BCUT2D eigenvalue weighted by Gasteiger charge is 2.32. The Labute approximate surface area is 197 Å². The quantitative estimate of drug-likeness (QED) is 0.536. The van der Waals surface area contributed by atoms with E-state index in [4.69, 9.17) is 4.74 Å². The van der Waals surface area contributed by atoms with Crippen molar-refractivity contribution in [3.05, 3.63) is 101 Å². The molecule has 4 heteroatoms. The van der Waals surface area contributed by atoms with Crippen LogP contribution in [0.1, 0.15) is 34.6 Å². The molecule has 1 aliphatic rings. The summed E-state index contributed by atoms with van der Waals surface area (Å²) in [4.78, 5) is 15.6. The smallest absolute Gasteiger partial charge is 0.224 e. The third-order valence-corrected chi connectivity index (χ3v) is 6.53. The van der Waals surface area contributed by atoms with Crippen LogP contribution in [-0.4, -0.2) is 37.6 Å². The first-order valence-corrected chi connectivity index (χ1v) is 11.8. The Bertz CT molecular complexity index is 1030. The van der Waals surface area contributed by atoms with Gasteiger partial charge >= 0.3 is 0 Å². The number of aryl methyl sites for hydroxylation is 1. The summed E-state index contributed by atoms with van der Waals surface area (Å²) >= 11 is 0. The molecule has 3 aromatic carbocycles. The molecule has 3 aromatic rings. The number of likely N-dealkylation sites (tertiary alicyclic amines) is 1. The van der Waals surface area contributed by atoms with E-state index in [1.165, 1.54) is 22.3 Å². The number of piperidine rings is 1. The summed E-state index contributed by atoms with van der Waals surface area (Å²) in [6.07, 6.45) is 1.71. The third-order valence-electron chi connectivity index (χ3n) is 6.53.